The van der Waals surface area contributed by atoms with E-state index in [9.17, 15) is 4.79 Å². The molecule has 0 aliphatic heterocycles. The van der Waals surface area contributed by atoms with Gasteiger partial charge >= 0.3 is 0 Å². The number of rotatable bonds is 2. The van der Waals surface area contributed by atoms with Crippen LogP contribution in [0.25, 0.3) is 0 Å². The smallest absolute Gasteiger partial charge is 0.167 e. The Labute approximate surface area is 110 Å². The first-order chi connectivity index (χ1) is 8.50. The molecule has 0 heterocycles. The highest BCUT2D eigenvalue weighted by molar-refractivity contribution is 5.99. The summed E-state index contributed by atoms with van der Waals surface area (Å²) in [7, 11) is 0. The molecule has 2 unspecified atom stereocenters. The molecule has 2 N–H and O–H groups in total. The number of hydrogen-bond donors (Lipinski definition) is 1. The highest BCUT2D eigenvalue weighted by Gasteiger charge is 2.29. The van der Waals surface area contributed by atoms with Crippen LogP contribution in [0.15, 0.2) is 12.1 Å². The summed E-state index contributed by atoms with van der Waals surface area (Å²) in [4.78, 5) is 12.6. The number of Topliss-reactive ketones (excluding diaryl/α,β-unsaturated/α-hetero) is 1. The Hall–Kier alpha value is -1.15. The fourth-order valence-electron chi connectivity index (χ4n) is 2.91. The molecular formula is C16H23NO. The molecule has 18 heavy (non-hydrogen) atoms. The first-order valence-corrected chi connectivity index (χ1v) is 6.88. The van der Waals surface area contributed by atoms with Crippen LogP contribution in [0.2, 0.25) is 0 Å². The normalized spacial score (nSPS) is 24.0. The fraction of sp³-hybridized carbons (Fsp3) is 0.562. The average Bonchev–Trinajstić information content (AvgIpc) is 2.33. The Morgan fingerprint density at radius 2 is 1.67 bits per heavy atom. The molecule has 1 fully saturated rings. The lowest BCUT2D eigenvalue weighted by atomic mass is 9.79. The third-order valence-corrected chi connectivity index (χ3v) is 4.26. The Morgan fingerprint density at radius 3 is 2.33 bits per heavy atom. The van der Waals surface area contributed by atoms with Gasteiger partial charge in [0, 0.05) is 17.5 Å². The van der Waals surface area contributed by atoms with Gasteiger partial charge in [-0.05, 0) is 56.4 Å². The first-order valence-electron chi connectivity index (χ1n) is 6.88. The van der Waals surface area contributed by atoms with Gasteiger partial charge in [-0.2, -0.15) is 0 Å². The zero-order chi connectivity index (χ0) is 13.3. The van der Waals surface area contributed by atoms with Gasteiger partial charge in [-0.25, -0.2) is 0 Å². The minimum absolute atomic E-state index is 0.0274. The number of carbonyl (C=O) groups is 1. The van der Waals surface area contributed by atoms with Crippen LogP contribution in [0.1, 0.15) is 52.7 Å². The molecule has 2 rings (SSSR count). The van der Waals surface area contributed by atoms with Gasteiger partial charge in [0.1, 0.15) is 0 Å². The summed E-state index contributed by atoms with van der Waals surface area (Å²) >= 11 is 0. The van der Waals surface area contributed by atoms with Gasteiger partial charge in [-0.15, -0.1) is 0 Å². The van der Waals surface area contributed by atoms with Crippen LogP contribution < -0.4 is 5.73 Å². The van der Waals surface area contributed by atoms with Gasteiger partial charge in [0.15, 0.2) is 5.78 Å². The number of benzene rings is 1. The minimum Gasteiger partial charge on any atom is -0.327 e. The summed E-state index contributed by atoms with van der Waals surface area (Å²) in [5, 5.41) is 0. The zero-order valence-electron chi connectivity index (χ0n) is 11.6. The van der Waals surface area contributed by atoms with Crippen molar-refractivity contribution in [3.05, 3.63) is 34.4 Å². The third kappa shape index (κ3) is 2.49. The topological polar surface area (TPSA) is 43.1 Å². The van der Waals surface area contributed by atoms with Crippen LogP contribution in [-0.4, -0.2) is 11.8 Å². The van der Waals surface area contributed by atoms with E-state index in [-0.39, 0.29) is 17.7 Å². The van der Waals surface area contributed by atoms with Crippen molar-refractivity contribution in [1.82, 2.24) is 0 Å². The summed E-state index contributed by atoms with van der Waals surface area (Å²) < 4.78 is 0. The lowest BCUT2D eigenvalue weighted by Gasteiger charge is -2.28. The van der Waals surface area contributed by atoms with E-state index >= 15 is 0 Å². The van der Waals surface area contributed by atoms with Gasteiger partial charge in [-0.1, -0.05) is 18.9 Å². The summed E-state index contributed by atoms with van der Waals surface area (Å²) in [6.45, 7) is 6.17. The second kappa shape index (κ2) is 5.23. The van der Waals surface area contributed by atoms with E-state index in [0.717, 1.165) is 36.8 Å². The molecule has 0 spiro atoms. The highest BCUT2D eigenvalue weighted by atomic mass is 16.1. The molecule has 2 nitrogen and oxygen atoms in total. The maximum absolute atomic E-state index is 12.6. The van der Waals surface area contributed by atoms with Gasteiger partial charge in [0.25, 0.3) is 0 Å². The Morgan fingerprint density at radius 1 is 1.06 bits per heavy atom. The lowest BCUT2D eigenvalue weighted by Crippen LogP contribution is -2.38. The van der Waals surface area contributed by atoms with Crippen LogP contribution in [-0.2, 0) is 0 Å². The molecule has 2 atom stereocenters. The summed E-state index contributed by atoms with van der Waals surface area (Å²) in [6, 6.07) is 4.19. The molecule has 1 aliphatic carbocycles. The van der Waals surface area contributed by atoms with Crippen molar-refractivity contribution < 1.29 is 4.79 Å². The van der Waals surface area contributed by atoms with Gasteiger partial charge in [0.2, 0.25) is 0 Å². The van der Waals surface area contributed by atoms with E-state index in [4.69, 9.17) is 5.73 Å². The van der Waals surface area contributed by atoms with E-state index in [2.05, 4.69) is 19.9 Å². The van der Waals surface area contributed by atoms with Crippen LogP contribution in [0.4, 0.5) is 0 Å². The predicted octanol–water partition coefficient (Wildman–Crippen LogP) is 3.31. The van der Waals surface area contributed by atoms with Crippen LogP contribution in [0.5, 0.6) is 0 Å². The van der Waals surface area contributed by atoms with Crippen molar-refractivity contribution in [2.75, 3.05) is 0 Å². The van der Waals surface area contributed by atoms with Crippen LogP contribution in [0, 0.1) is 26.7 Å². The van der Waals surface area contributed by atoms with Gasteiger partial charge in [-0.3, -0.25) is 4.79 Å². The van der Waals surface area contributed by atoms with Crippen molar-refractivity contribution in [2.45, 2.75) is 52.5 Å². The standard InChI is InChI=1S/C16H23NO/c1-10-8-12(3)14(9-11(10)2)16(18)13-6-4-5-7-15(13)17/h8-9,13,15H,4-7,17H2,1-3H3. The number of nitrogens with two attached hydrogens (primary N) is 1. The predicted molar refractivity (Wildman–Crippen MR) is 74.9 cm³/mol. The Bertz CT molecular complexity index is 464. The molecule has 1 saturated carbocycles. The van der Waals surface area contributed by atoms with Gasteiger partial charge in [0.05, 0.1) is 0 Å². The Kier molecular flexibility index (Phi) is 3.86. The largest absolute Gasteiger partial charge is 0.327 e. The molecule has 0 amide bonds. The quantitative estimate of drug-likeness (QED) is 0.812. The molecule has 1 aliphatic rings. The highest BCUT2D eigenvalue weighted by Crippen LogP contribution is 2.28. The SMILES string of the molecule is Cc1cc(C)c(C(=O)C2CCCCC2N)cc1C. The molecule has 0 aromatic heterocycles. The summed E-state index contributed by atoms with van der Waals surface area (Å²) in [6.07, 6.45) is 4.23. The van der Waals surface area contributed by atoms with Crippen molar-refractivity contribution in [3.63, 3.8) is 0 Å². The molecule has 0 radical (unpaired) electrons. The minimum atomic E-state index is 0.0274. The van der Waals surface area contributed by atoms with Crippen molar-refractivity contribution in [3.8, 4) is 0 Å². The van der Waals surface area contributed by atoms with Crippen molar-refractivity contribution >= 4 is 5.78 Å². The van der Waals surface area contributed by atoms with Gasteiger partial charge < -0.3 is 5.73 Å². The van der Waals surface area contributed by atoms with E-state index in [1.54, 1.807) is 0 Å². The number of hydrogen-bond acceptors (Lipinski definition) is 2. The number of carbonyl (C=O) groups excluding carboxylic acids is 1. The monoisotopic (exact) mass is 245 g/mol. The zero-order valence-corrected chi connectivity index (χ0v) is 11.6. The summed E-state index contributed by atoms with van der Waals surface area (Å²) in [5.74, 6) is 0.280. The molecule has 0 bridgehead atoms. The maximum atomic E-state index is 12.6. The van der Waals surface area contributed by atoms with Crippen LogP contribution in [0.3, 0.4) is 0 Å². The fourth-order valence-corrected chi connectivity index (χ4v) is 2.91. The van der Waals surface area contributed by atoms with E-state index in [1.807, 2.05) is 13.0 Å². The number of aryl methyl sites for hydroxylation is 3. The molecule has 98 valence electrons. The average molecular weight is 245 g/mol. The first kappa shape index (κ1) is 13.3. The summed E-state index contributed by atoms with van der Waals surface area (Å²) in [5.41, 5.74) is 10.5. The second-order valence-electron chi connectivity index (χ2n) is 5.67. The number of ketones is 1. The lowest BCUT2D eigenvalue weighted by molar-refractivity contribution is 0.0870. The molecular weight excluding hydrogens is 222 g/mol. The maximum Gasteiger partial charge on any atom is 0.167 e. The Balaban J connectivity index is 2.30. The second-order valence-corrected chi connectivity index (χ2v) is 5.67. The molecule has 1 aromatic carbocycles. The molecule has 0 saturated heterocycles. The van der Waals surface area contributed by atoms with E-state index in [1.165, 1.54) is 11.1 Å². The van der Waals surface area contributed by atoms with E-state index < -0.39 is 0 Å². The molecule has 2 heteroatoms. The third-order valence-electron chi connectivity index (χ3n) is 4.26. The van der Waals surface area contributed by atoms with E-state index in [0.29, 0.717) is 0 Å². The van der Waals surface area contributed by atoms with Crippen molar-refractivity contribution in [1.29, 1.82) is 0 Å². The van der Waals surface area contributed by atoms with Crippen molar-refractivity contribution in [2.24, 2.45) is 11.7 Å². The van der Waals surface area contributed by atoms with Crippen LogP contribution >= 0.6 is 0 Å². The molecule has 1 aromatic rings.